The maximum Gasteiger partial charge on any atom is 0.225 e. The Balaban J connectivity index is 1.84. The number of para-hydroxylation sites is 1. The lowest BCUT2D eigenvalue weighted by atomic mass is 10.2. The number of nitrogens with one attached hydrogen (secondary N) is 1. The van der Waals surface area contributed by atoms with Crippen molar-refractivity contribution in [2.45, 2.75) is 11.3 Å². The Kier molecular flexibility index (Phi) is 5.85. The molecule has 2 aromatic carbocycles. The van der Waals surface area contributed by atoms with Crippen LogP contribution in [0.25, 0.3) is 0 Å². The van der Waals surface area contributed by atoms with E-state index in [1.54, 1.807) is 36.0 Å². The summed E-state index contributed by atoms with van der Waals surface area (Å²) in [6.07, 6.45) is 0.400. The van der Waals surface area contributed by atoms with E-state index in [1.165, 1.54) is 0 Å². The molecule has 3 nitrogen and oxygen atoms in total. The largest absolute Gasteiger partial charge is 0.325 e. The fourth-order valence-corrected chi connectivity index (χ4v) is 3.18. The van der Waals surface area contributed by atoms with Gasteiger partial charge in [-0.25, -0.2) is 0 Å². The zero-order valence-electron chi connectivity index (χ0n) is 11.2. The van der Waals surface area contributed by atoms with E-state index in [9.17, 15) is 4.79 Å². The minimum Gasteiger partial charge on any atom is -0.325 e. The predicted octanol–water partition coefficient (Wildman–Crippen LogP) is 4.44. The van der Waals surface area contributed by atoms with E-state index < -0.39 is 0 Å². The van der Waals surface area contributed by atoms with Crippen LogP contribution in [0.2, 0.25) is 0 Å². The first kappa shape index (κ1) is 15.6. The number of nitriles is 1. The molecule has 0 saturated heterocycles. The van der Waals surface area contributed by atoms with Gasteiger partial charge in [-0.3, -0.25) is 4.79 Å². The Morgan fingerprint density at radius 3 is 2.81 bits per heavy atom. The fraction of sp³-hybridized carbons (Fsp3) is 0.125. The van der Waals surface area contributed by atoms with Gasteiger partial charge >= 0.3 is 0 Å². The van der Waals surface area contributed by atoms with E-state index in [1.807, 2.05) is 24.3 Å². The van der Waals surface area contributed by atoms with Crippen LogP contribution in [-0.4, -0.2) is 11.7 Å². The van der Waals surface area contributed by atoms with Crippen LogP contribution in [0.5, 0.6) is 0 Å². The van der Waals surface area contributed by atoms with Gasteiger partial charge in [0.15, 0.2) is 0 Å². The van der Waals surface area contributed by atoms with Crippen molar-refractivity contribution in [1.82, 2.24) is 0 Å². The van der Waals surface area contributed by atoms with Gasteiger partial charge in [-0.2, -0.15) is 5.26 Å². The number of anilines is 1. The number of carbonyl (C=O) groups is 1. The van der Waals surface area contributed by atoms with Gasteiger partial charge in [0.1, 0.15) is 6.07 Å². The monoisotopic (exact) mass is 360 g/mol. The molecular formula is C16H13BrN2OS. The van der Waals surface area contributed by atoms with E-state index in [2.05, 4.69) is 27.3 Å². The van der Waals surface area contributed by atoms with E-state index in [0.717, 1.165) is 9.37 Å². The second-order valence-electron chi connectivity index (χ2n) is 4.26. The number of hydrogen-bond donors (Lipinski definition) is 1. The van der Waals surface area contributed by atoms with E-state index >= 15 is 0 Å². The van der Waals surface area contributed by atoms with Gasteiger partial charge in [-0.15, -0.1) is 11.8 Å². The normalized spacial score (nSPS) is 9.90. The van der Waals surface area contributed by atoms with Crippen LogP contribution in [0.4, 0.5) is 5.69 Å². The van der Waals surface area contributed by atoms with Crippen LogP contribution >= 0.6 is 27.7 Å². The minimum absolute atomic E-state index is 0.0832. The molecule has 1 N–H and O–H groups in total. The quantitative estimate of drug-likeness (QED) is 0.801. The molecule has 21 heavy (non-hydrogen) atoms. The molecule has 0 heterocycles. The lowest BCUT2D eigenvalue weighted by Gasteiger charge is -2.06. The molecular weight excluding hydrogens is 348 g/mol. The number of thioether (sulfide) groups is 1. The van der Waals surface area contributed by atoms with Crippen LogP contribution in [0, 0.1) is 11.3 Å². The Bertz CT molecular complexity index is 682. The number of nitrogens with zero attached hydrogens (tertiary/aromatic N) is 1. The Hall–Kier alpha value is -1.77. The molecule has 106 valence electrons. The number of halogens is 1. The van der Waals surface area contributed by atoms with Gasteiger partial charge in [0.05, 0.1) is 11.3 Å². The Morgan fingerprint density at radius 2 is 2.05 bits per heavy atom. The summed E-state index contributed by atoms with van der Waals surface area (Å²) in [5.41, 5.74) is 1.04. The highest BCUT2D eigenvalue weighted by atomic mass is 79.9. The first-order valence-corrected chi connectivity index (χ1v) is 8.14. The molecule has 5 heteroatoms. The zero-order valence-corrected chi connectivity index (χ0v) is 13.6. The van der Waals surface area contributed by atoms with Crippen molar-refractivity contribution >= 4 is 39.3 Å². The number of hydrogen-bond acceptors (Lipinski definition) is 3. The molecule has 0 spiro atoms. The Morgan fingerprint density at radius 1 is 1.24 bits per heavy atom. The van der Waals surface area contributed by atoms with Crippen molar-refractivity contribution in [3.05, 3.63) is 58.6 Å². The van der Waals surface area contributed by atoms with Gasteiger partial charge in [0.2, 0.25) is 5.91 Å². The van der Waals surface area contributed by atoms with Crippen molar-refractivity contribution in [3.63, 3.8) is 0 Å². The van der Waals surface area contributed by atoms with Crippen LogP contribution in [0.15, 0.2) is 57.9 Å². The van der Waals surface area contributed by atoms with Crippen molar-refractivity contribution in [2.24, 2.45) is 0 Å². The molecule has 2 rings (SSSR count). The molecule has 0 aromatic heterocycles. The van der Waals surface area contributed by atoms with E-state index in [4.69, 9.17) is 5.26 Å². The van der Waals surface area contributed by atoms with E-state index in [0.29, 0.717) is 23.4 Å². The molecule has 0 saturated carbocycles. The number of carbonyl (C=O) groups excluding carboxylic acids is 1. The lowest BCUT2D eigenvalue weighted by Crippen LogP contribution is -2.13. The highest BCUT2D eigenvalue weighted by molar-refractivity contribution is 9.10. The lowest BCUT2D eigenvalue weighted by molar-refractivity contribution is -0.115. The van der Waals surface area contributed by atoms with Crippen molar-refractivity contribution in [3.8, 4) is 6.07 Å². The van der Waals surface area contributed by atoms with Gasteiger partial charge in [0, 0.05) is 21.5 Å². The third kappa shape index (κ3) is 4.92. The summed E-state index contributed by atoms with van der Waals surface area (Å²) in [6, 6.07) is 17.0. The molecule has 2 aromatic rings. The Labute approximate surface area is 136 Å². The third-order valence-corrected chi connectivity index (χ3v) is 4.20. The molecule has 0 radical (unpaired) electrons. The smallest absolute Gasteiger partial charge is 0.225 e. The highest BCUT2D eigenvalue weighted by Crippen LogP contribution is 2.22. The van der Waals surface area contributed by atoms with Gasteiger partial charge < -0.3 is 5.32 Å². The fourth-order valence-electron chi connectivity index (χ4n) is 1.72. The second kappa shape index (κ2) is 7.87. The van der Waals surface area contributed by atoms with Crippen molar-refractivity contribution < 1.29 is 4.79 Å². The van der Waals surface area contributed by atoms with E-state index in [-0.39, 0.29) is 5.91 Å². The van der Waals surface area contributed by atoms with Crippen LogP contribution < -0.4 is 5.32 Å². The maximum atomic E-state index is 11.9. The maximum absolute atomic E-state index is 11.9. The average molecular weight is 361 g/mol. The summed E-state index contributed by atoms with van der Waals surface area (Å²) >= 11 is 5.05. The summed E-state index contributed by atoms with van der Waals surface area (Å²) in [4.78, 5) is 13.0. The second-order valence-corrected chi connectivity index (χ2v) is 6.35. The summed E-state index contributed by atoms with van der Waals surface area (Å²) in [6.45, 7) is 0. The molecule has 0 bridgehead atoms. The molecule has 1 amide bonds. The summed E-state index contributed by atoms with van der Waals surface area (Å²) < 4.78 is 1.03. The zero-order chi connectivity index (χ0) is 15.1. The molecule has 0 aliphatic rings. The minimum atomic E-state index is -0.0832. The van der Waals surface area contributed by atoms with Crippen molar-refractivity contribution in [1.29, 1.82) is 5.26 Å². The SMILES string of the molecule is N#Cc1ccccc1NC(=O)CCSc1cccc(Br)c1. The molecule has 0 unspecified atom stereocenters. The van der Waals surface area contributed by atoms with Crippen LogP contribution in [0.3, 0.4) is 0 Å². The summed E-state index contributed by atoms with van der Waals surface area (Å²) in [5.74, 6) is 0.608. The molecule has 0 fully saturated rings. The van der Waals surface area contributed by atoms with Gasteiger partial charge in [0.25, 0.3) is 0 Å². The standard InChI is InChI=1S/C16H13BrN2OS/c17-13-5-3-6-14(10-13)21-9-8-16(20)19-15-7-2-1-4-12(15)11-18/h1-7,10H,8-9H2,(H,19,20). The topological polar surface area (TPSA) is 52.9 Å². The molecule has 0 aliphatic heterocycles. The highest BCUT2D eigenvalue weighted by Gasteiger charge is 2.06. The first-order valence-electron chi connectivity index (χ1n) is 6.36. The molecule has 0 aliphatic carbocycles. The average Bonchev–Trinajstić information content (AvgIpc) is 2.48. The first-order chi connectivity index (χ1) is 10.2. The summed E-state index contributed by atoms with van der Waals surface area (Å²) in [7, 11) is 0. The van der Waals surface area contributed by atoms with Crippen LogP contribution in [0.1, 0.15) is 12.0 Å². The number of benzene rings is 2. The summed E-state index contributed by atoms with van der Waals surface area (Å²) in [5, 5.41) is 11.7. The van der Waals surface area contributed by atoms with Crippen molar-refractivity contribution in [2.75, 3.05) is 11.1 Å². The molecule has 0 atom stereocenters. The van der Waals surface area contributed by atoms with Gasteiger partial charge in [-0.1, -0.05) is 34.1 Å². The van der Waals surface area contributed by atoms with Crippen LogP contribution in [-0.2, 0) is 4.79 Å². The number of amides is 1. The number of rotatable bonds is 5. The third-order valence-electron chi connectivity index (χ3n) is 2.72. The predicted molar refractivity (Wildman–Crippen MR) is 89.3 cm³/mol. The van der Waals surface area contributed by atoms with Gasteiger partial charge in [-0.05, 0) is 30.3 Å².